The number of aromatic nitrogens is 1. The van der Waals surface area contributed by atoms with Gasteiger partial charge in [-0.15, -0.1) is 0 Å². The molecule has 3 aliphatic rings. The monoisotopic (exact) mass is 442 g/mol. The van der Waals surface area contributed by atoms with Crippen LogP contribution in [-0.4, -0.2) is 37.4 Å². The zero-order valence-electron chi connectivity index (χ0n) is 16.5. The summed E-state index contributed by atoms with van der Waals surface area (Å²) >= 11 is 1.25. The summed E-state index contributed by atoms with van der Waals surface area (Å²) in [5.41, 5.74) is 1.16. The minimum absolute atomic E-state index is 0.0156. The molecule has 1 aromatic heterocycles. The quantitative estimate of drug-likeness (QED) is 0.524. The van der Waals surface area contributed by atoms with Crippen LogP contribution in [0.4, 0.5) is 5.82 Å². The van der Waals surface area contributed by atoms with E-state index in [-0.39, 0.29) is 12.0 Å². The van der Waals surface area contributed by atoms with Crippen LogP contribution in [0.2, 0.25) is 0 Å². The van der Waals surface area contributed by atoms with Gasteiger partial charge in [-0.3, -0.25) is 0 Å². The number of para-hydroxylation sites is 1. The van der Waals surface area contributed by atoms with Gasteiger partial charge in [-0.25, -0.2) is 0 Å². The number of nitrogens with zero attached hydrogens (tertiary/aromatic N) is 3. The van der Waals surface area contributed by atoms with Crippen molar-refractivity contribution >= 4 is 41.5 Å². The summed E-state index contributed by atoms with van der Waals surface area (Å²) in [5, 5.41) is 1.20. The molecule has 0 spiro atoms. The zero-order valence-corrected chi connectivity index (χ0v) is 18.9. The van der Waals surface area contributed by atoms with Gasteiger partial charge >= 0.3 is 181 Å². The van der Waals surface area contributed by atoms with E-state index < -0.39 is 0 Å². The molecule has 0 amide bonds. The summed E-state index contributed by atoms with van der Waals surface area (Å²) in [6.07, 6.45) is 12.9. The molecule has 1 aromatic carbocycles. The Balaban J connectivity index is 1.59. The van der Waals surface area contributed by atoms with Gasteiger partial charge in [-0.1, -0.05) is 0 Å². The Labute approximate surface area is 181 Å². The summed E-state index contributed by atoms with van der Waals surface area (Å²) in [6.45, 7) is 3.67. The second kappa shape index (κ2) is 7.76. The predicted molar refractivity (Wildman–Crippen MR) is 115 cm³/mol. The van der Waals surface area contributed by atoms with Crippen LogP contribution >= 0.6 is 0 Å². The van der Waals surface area contributed by atoms with Crippen molar-refractivity contribution in [1.82, 2.24) is 0 Å². The number of fused-ring (bicyclic) bond motifs is 1. The molecule has 2 aromatic rings. The van der Waals surface area contributed by atoms with Gasteiger partial charge in [0.1, 0.15) is 0 Å². The fourth-order valence-electron chi connectivity index (χ4n) is 4.25. The van der Waals surface area contributed by atoms with Gasteiger partial charge in [-0.05, 0) is 0 Å². The molecule has 144 valence electrons. The molecule has 1 aliphatic carbocycles. The molecule has 2 unspecified atom stereocenters. The number of anilines is 1. The molecule has 2 atom stereocenters. The Hall–Kier alpha value is -2.44. The van der Waals surface area contributed by atoms with Crippen molar-refractivity contribution in [3.63, 3.8) is 0 Å². The van der Waals surface area contributed by atoms with E-state index in [1.165, 1.54) is 24.4 Å². The Morgan fingerprint density at radius 3 is 3.07 bits per heavy atom. The summed E-state index contributed by atoms with van der Waals surface area (Å²) in [5.74, 6) is 4.26. The third-order valence-electron chi connectivity index (χ3n) is 5.75. The molecule has 2 aliphatic heterocycles. The summed E-state index contributed by atoms with van der Waals surface area (Å²) < 4.78 is 13.9. The third kappa shape index (κ3) is 3.20. The number of ether oxygens (including phenoxy) is 1. The van der Waals surface area contributed by atoms with Crippen molar-refractivity contribution in [2.45, 2.75) is 32.5 Å². The van der Waals surface area contributed by atoms with Gasteiger partial charge in [-0.2, -0.15) is 0 Å². The molecule has 3 heterocycles. The van der Waals surface area contributed by atoms with Crippen LogP contribution in [0.15, 0.2) is 71.5 Å². The zero-order chi connectivity index (χ0) is 19.8. The molecular formula is C23H23GaN3O2+. The Kier molecular flexibility index (Phi) is 4.97. The Morgan fingerprint density at radius 1 is 1.28 bits per heavy atom. The fourth-order valence-corrected chi connectivity index (χ4v) is 4.71. The first-order chi connectivity index (χ1) is 14.3. The number of allylic oxidation sites excluding steroid dienone is 2. The van der Waals surface area contributed by atoms with Crippen LogP contribution < -0.4 is 14.2 Å². The van der Waals surface area contributed by atoms with E-state index in [0.29, 0.717) is 6.73 Å². The molecule has 0 saturated heterocycles. The first-order valence-electron chi connectivity index (χ1n) is 10.2. The van der Waals surface area contributed by atoms with Crippen molar-refractivity contribution in [2.75, 3.05) is 11.4 Å². The molecule has 0 saturated carbocycles. The molecule has 5 nitrogen and oxygen atoms in total. The predicted octanol–water partition coefficient (Wildman–Crippen LogP) is 3.59. The minimum atomic E-state index is 0.0156. The number of unbranched alkanes of at least 4 members (excludes halogenated alkanes) is 1. The second-order valence-electron chi connectivity index (χ2n) is 7.53. The average molecular weight is 443 g/mol. The van der Waals surface area contributed by atoms with Gasteiger partial charge in [0.2, 0.25) is 0 Å². The maximum atomic E-state index is 5.96. The molecule has 6 heteroatoms. The fraction of sp³-hybridized carbons (Fsp3) is 0.304. The van der Waals surface area contributed by atoms with E-state index in [1.54, 1.807) is 0 Å². The molecule has 0 bridgehead atoms. The summed E-state index contributed by atoms with van der Waals surface area (Å²) in [6, 6.07) is 10.6. The van der Waals surface area contributed by atoms with Crippen molar-refractivity contribution in [2.24, 2.45) is 10.9 Å². The van der Waals surface area contributed by atoms with E-state index in [0.717, 1.165) is 48.1 Å². The van der Waals surface area contributed by atoms with E-state index in [9.17, 15) is 0 Å². The van der Waals surface area contributed by atoms with E-state index in [1.807, 2.05) is 18.2 Å². The molecule has 2 radical (unpaired) electrons. The number of amidine groups is 1. The second-order valence-corrected chi connectivity index (χ2v) is 8.03. The summed E-state index contributed by atoms with van der Waals surface area (Å²) in [7, 11) is 0. The molecule has 5 rings (SSSR count). The van der Waals surface area contributed by atoms with Gasteiger partial charge in [0, 0.05) is 0 Å². The SMILES string of the molecule is CCCCN(C1=NC2C([O][Ga])=CC=CC2C=C1)c1ccc2cccc3c2[n+]1CO3. The van der Waals surface area contributed by atoms with E-state index in [4.69, 9.17) is 13.3 Å². The van der Waals surface area contributed by atoms with Crippen LogP contribution in [0.25, 0.3) is 10.9 Å². The number of rotatable bonds is 5. The van der Waals surface area contributed by atoms with Crippen molar-refractivity contribution < 1.29 is 12.8 Å². The molecule has 29 heavy (non-hydrogen) atoms. The van der Waals surface area contributed by atoms with Crippen molar-refractivity contribution in [3.8, 4) is 5.75 Å². The third-order valence-corrected chi connectivity index (χ3v) is 6.32. The van der Waals surface area contributed by atoms with E-state index in [2.05, 4.69) is 58.9 Å². The number of hydrogen-bond donors (Lipinski definition) is 0. The van der Waals surface area contributed by atoms with Crippen LogP contribution in [0.3, 0.4) is 0 Å². The average Bonchev–Trinajstić information content (AvgIpc) is 3.20. The van der Waals surface area contributed by atoms with Gasteiger partial charge in [0.05, 0.1) is 0 Å². The van der Waals surface area contributed by atoms with Gasteiger partial charge in [0.15, 0.2) is 0 Å². The van der Waals surface area contributed by atoms with Gasteiger partial charge in [0.25, 0.3) is 0 Å². The normalized spacial score (nSPS) is 21.4. The standard InChI is InChI=1S/C23H23N3O2.Ga/c1-2-3-14-25(20-12-10-16-6-4-8-18(27)22(16)24-20)21-13-11-17-7-5-9-19-23(17)26(21)15-28-19;/h4-13,16,22H,2-3,14-15H2,1H3;/q;+1. The van der Waals surface area contributed by atoms with Crippen molar-refractivity contribution in [3.05, 3.63) is 66.5 Å². The van der Waals surface area contributed by atoms with Gasteiger partial charge < -0.3 is 0 Å². The van der Waals surface area contributed by atoms with Crippen LogP contribution in [0.5, 0.6) is 5.75 Å². The number of pyridine rings is 1. The first-order valence-corrected chi connectivity index (χ1v) is 11.2. The maximum absolute atomic E-state index is 5.96. The summed E-state index contributed by atoms with van der Waals surface area (Å²) in [4.78, 5) is 7.46. The Bertz CT molecular complexity index is 1070. The number of dihydropyridines is 1. The number of hydrogen-bond acceptors (Lipinski definition) is 4. The van der Waals surface area contributed by atoms with Crippen LogP contribution in [0, 0.1) is 5.92 Å². The number of aliphatic imine (C=N–C) groups is 1. The van der Waals surface area contributed by atoms with Crippen LogP contribution in [0.1, 0.15) is 19.8 Å². The molecule has 0 fully saturated rings. The number of benzene rings is 1. The molecular weight excluding hydrogens is 420 g/mol. The topological polar surface area (TPSA) is 37.9 Å². The van der Waals surface area contributed by atoms with Crippen molar-refractivity contribution in [1.29, 1.82) is 0 Å². The molecule has 0 N–H and O–H groups in total. The first kappa shape index (κ1) is 18.6. The Morgan fingerprint density at radius 2 is 2.21 bits per heavy atom. The van der Waals surface area contributed by atoms with Crippen LogP contribution in [-0.2, 0) is 10.3 Å². The van der Waals surface area contributed by atoms with E-state index >= 15 is 0 Å².